The van der Waals surface area contributed by atoms with Crippen LogP contribution in [0.25, 0.3) is 0 Å². The predicted molar refractivity (Wildman–Crippen MR) is 244 cm³/mol. The number of amides is 6. The van der Waals surface area contributed by atoms with E-state index in [-0.39, 0.29) is 57.7 Å². The number of nitrogens with one attached hydrogen (secondary N) is 4. The SMILES string of the molecule is C.Cl.NC(=O)NC[C@@H](Cc1ccccc1)NC(=O)OCc1ccccc1.NC(=O)NC[C@H](N)Cc1ccccc1.NC[C@@H](Cc1ccccc1)NC(=O)OCc1ccccc1. The molecule has 0 heterocycles. The minimum absolute atomic E-state index is 0. The van der Waals surface area contributed by atoms with Crippen LogP contribution in [0.4, 0.5) is 19.2 Å². The van der Waals surface area contributed by atoms with Gasteiger partial charge >= 0.3 is 24.2 Å². The van der Waals surface area contributed by atoms with Gasteiger partial charge in [0.1, 0.15) is 13.2 Å². The topological polar surface area (TPSA) is 239 Å². The molecule has 0 saturated heterocycles. The summed E-state index contributed by atoms with van der Waals surface area (Å²) in [4.78, 5) is 45.1. The zero-order chi connectivity index (χ0) is 42.5. The molecule has 0 aliphatic rings. The van der Waals surface area contributed by atoms with Gasteiger partial charge in [-0.25, -0.2) is 19.2 Å². The number of rotatable bonds is 17. The lowest BCUT2D eigenvalue weighted by Gasteiger charge is -2.19. The Kier molecular flexibility index (Phi) is 26.9. The van der Waals surface area contributed by atoms with Gasteiger partial charge in [-0.2, -0.15) is 0 Å². The maximum atomic E-state index is 12.0. The first kappa shape index (κ1) is 52.4. The molecule has 0 saturated carbocycles. The van der Waals surface area contributed by atoms with Gasteiger partial charge in [0.15, 0.2) is 0 Å². The second-order valence-electron chi connectivity index (χ2n) is 13.4. The van der Waals surface area contributed by atoms with Gasteiger partial charge in [0.05, 0.1) is 6.04 Å². The maximum absolute atomic E-state index is 12.0. The number of hydrogen-bond acceptors (Lipinski definition) is 8. The minimum Gasteiger partial charge on any atom is -0.445 e. The van der Waals surface area contributed by atoms with Gasteiger partial charge in [-0.05, 0) is 47.1 Å². The number of ether oxygens (including phenoxy) is 2. The van der Waals surface area contributed by atoms with Crippen LogP contribution in [0.3, 0.4) is 0 Å². The smallest absolute Gasteiger partial charge is 0.407 e. The molecule has 6 amide bonds. The molecule has 0 aliphatic carbocycles. The molecule has 0 unspecified atom stereocenters. The molecule has 61 heavy (non-hydrogen) atoms. The molecular weight excluding hydrogens is 796 g/mol. The first-order chi connectivity index (χ1) is 28.6. The quantitative estimate of drug-likeness (QED) is 0.0554. The number of urea groups is 2. The summed E-state index contributed by atoms with van der Waals surface area (Å²) in [6.07, 6.45) is 1.01. The number of halogens is 1. The third kappa shape index (κ3) is 24.8. The standard InChI is InChI=1S/C18H21N3O3.C17H20N2O2.C10H15N3O.CH4.ClH/c19-17(22)20-12-16(11-14-7-3-1-4-8-14)21-18(23)24-13-15-9-5-2-6-10-15;18-12-16(11-14-7-3-1-4-8-14)19-17(20)21-13-15-9-5-2-6-10-15;11-9(7-13-10(12)14)6-8-4-2-1-3-5-8;;/h1-10,16H,11-13H2,(H,21,23)(H3,19,20,22);1-10,16H,11-13,18H2,(H,19,20);1-5,9H,6-7,11H2,(H3,12,13,14);1H4;1H/t2*16-;9-;;/m111../s1. The van der Waals surface area contributed by atoms with E-state index < -0.39 is 24.2 Å². The van der Waals surface area contributed by atoms with Gasteiger partial charge in [0, 0.05) is 31.7 Å². The van der Waals surface area contributed by atoms with Crippen molar-refractivity contribution >= 4 is 36.7 Å². The highest BCUT2D eigenvalue weighted by Crippen LogP contribution is 2.07. The fraction of sp³-hybridized carbons (Fsp3) is 0.261. The van der Waals surface area contributed by atoms with Crippen LogP contribution in [0, 0.1) is 0 Å². The van der Waals surface area contributed by atoms with Gasteiger partial charge in [0.2, 0.25) is 0 Å². The van der Waals surface area contributed by atoms with Crippen molar-refractivity contribution in [3.05, 3.63) is 179 Å². The number of benzene rings is 5. The number of nitrogens with two attached hydrogens (primary N) is 4. The molecule has 12 N–H and O–H groups in total. The summed E-state index contributed by atoms with van der Waals surface area (Å²) in [6, 6.07) is 46.8. The molecule has 5 rings (SSSR count). The zero-order valence-electron chi connectivity index (χ0n) is 33.5. The van der Waals surface area contributed by atoms with Crippen LogP contribution in [0.2, 0.25) is 0 Å². The van der Waals surface area contributed by atoms with Gasteiger partial charge in [-0.3, -0.25) is 0 Å². The fourth-order valence-electron chi connectivity index (χ4n) is 5.47. The molecule has 0 radical (unpaired) electrons. The number of alkyl carbamates (subject to hydrolysis) is 2. The molecule has 0 fully saturated rings. The van der Waals surface area contributed by atoms with Crippen molar-refractivity contribution in [3.8, 4) is 0 Å². The Morgan fingerprint density at radius 3 is 1.15 bits per heavy atom. The molecule has 328 valence electrons. The highest BCUT2D eigenvalue weighted by atomic mass is 35.5. The molecule has 14 nitrogen and oxygen atoms in total. The highest BCUT2D eigenvalue weighted by molar-refractivity contribution is 5.85. The normalized spacial score (nSPS) is 11.2. The van der Waals surface area contributed by atoms with Crippen molar-refractivity contribution in [3.63, 3.8) is 0 Å². The Bertz CT molecular complexity index is 1920. The largest absolute Gasteiger partial charge is 0.445 e. The van der Waals surface area contributed by atoms with E-state index in [9.17, 15) is 19.2 Å². The number of carbonyl (C=O) groups is 4. The first-order valence-corrected chi connectivity index (χ1v) is 19.2. The van der Waals surface area contributed by atoms with Gasteiger partial charge < -0.3 is 53.7 Å². The van der Waals surface area contributed by atoms with Crippen molar-refractivity contribution in [2.45, 2.75) is 58.0 Å². The van der Waals surface area contributed by atoms with E-state index in [0.29, 0.717) is 25.9 Å². The van der Waals surface area contributed by atoms with Crippen molar-refractivity contribution in [2.24, 2.45) is 22.9 Å². The number of carbonyl (C=O) groups excluding carboxylic acids is 4. The number of primary amides is 2. The van der Waals surface area contributed by atoms with Gasteiger partial charge in [0.25, 0.3) is 0 Å². The fourth-order valence-corrected chi connectivity index (χ4v) is 5.47. The Hall–Kier alpha value is -6.61. The van der Waals surface area contributed by atoms with E-state index in [1.54, 1.807) is 0 Å². The number of hydrogen-bond donors (Lipinski definition) is 8. The molecule has 5 aromatic rings. The van der Waals surface area contributed by atoms with E-state index in [4.69, 9.17) is 32.4 Å². The van der Waals surface area contributed by atoms with Crippen LogP contribution < -0.4 is 44.2 Å². The molecular formula is C46H61ClN8O6. The summed E-state index contributed by atoms with van der Waals surface area (Å²) in [5.41, 5.74) is 26.7. The monoisotopic (exact) mass is 856 g/mol. The summed E-state index contributed by atoms with van der Waals surface area (Å²) in [5, 5.41) is 10.6. The van der Waals surface area contributed by atoms with E-state index in [0.717, 1.165) is 34.2 Å². The second kappa shape index (κ2) is 31.3. The third-order valence-electron chi connectivity index (χ3n) is 8.41. The van der Waals surface area contributed by atoms with E-state index in [2.05, 4.69) is 21.3 Å². The zero-order valence-corrected chi connectivity index (χ0v) is 34.3. The molecule has 0 aromatic heterocycles. The Morgan fingerprint density at radius 1 is 0.475 bits per heavy atom. The maximum Gasteiger partial charge on any atom is 0.407 e. The predicted octanol–water partition coefficient (Wildman–Crippen LogP) is 5.96. The third-order valence-corrected chi connectivity index (χ3v) is 8.41. The summed E-state index contributed by atoms with van der Waals surface area (Å²) < 4.78 is 10.4. The minimum atomic E-state index is -0.632. The van der Waals surface area contributed by atoms with Crippen molar-refractivity contribution in [2.75, 3.05) is 19.6 Å². The Balaban J connectivity index is 0.000000465. The van der Waals surface area contributed by atoms with Crippen molar-refractivity contribution in [1.82, 2.24) is 21.3 Å². The summed E-state index contributed by atoms with van der Waals surface area (Å²) in [5.74, 6) is 0. The molecule has 0 bridgehead atoms. The van der Waals surface area contributed by atoms with E-state index in [1.165, 1.54) is 0 Å². The van der Waals surface area contributed by atoms with Gasteiger partial charge in [-0.15, -0.1) is 12.4 Å². The highest BCUT2D eigenvalue weighted by Gasteiger charge is 2.15. The van der Waals surface area contributed by atoms with Crippen LogP contribution in [0.15, 0.2) is 152 Å². The van der Waals surface area contributed by atoms with Crippen LogP contribution in [0.5, 0.6) is 0 Å². The van der Waals surface area contributed by atoms with E-state index >= 15 is 0 Å². The molecule has 5 aromatic carbocycles. The molecule has 0 spiro atoms. The van der Waals surface area contributed by atoms with Crippen LogP contribution in [-0.2, 0) is 41.9 Å². The Labute approximate surface area is 365 Å². The van der Waals surface area contributed by atoms with Crippen molar-refractivity contribution in [1.29, 1.82) is 0 Å². The lowest BCUT2D eigenvalue weighted by Crippen LogP contribution is -2.46. The van der Waals surface area contributed by atoms with Crippen LogP contribution >= 0.6 is 12.4 Å². The van der Waals surface area contributed by atoms with Crippen LogP contribution in [-0.4, -0.2) is 62.0 Å². The first-order valence-electron chi connectivity index (χ1n) is 19.2. The molecule has 15 heteroatoms. The Morgan fingerprint density at radius 2 is 0.787 bits per heavy atom. The van der Waals surface area contributed by atoms with Crippen LogP contribution in [0.1, 0.15) is 35.2 Å². The van der Waals surface area contributed by atoms with E-state index in [1.807, 2.05) is 152 Å². The average molecular weight is 857 g/mol. The summed E-state index contributed by atoms with van der Waals surface area (Å²) >= 11 is 0. The molecule has 0 aliphatic heterocycles. The summed E-state index contributed by atoms with van der Waals surface area (Å²) in [6.45, 7) is 1.45. The summed E-state index contributed by atoms with van der Waals surface area (Å²) in [7, 11) is 0. The van der Waals surface area contributed by atoms with Gasteiger partial charge in [-0.1, -0.05) is 159 Å². The lowest BCUT2D eigenvalue weighted by atomic mass is 10.1. The lowest BCUT2D eigenvalue weighted by molar-refractivity contribution is 0.135. The second-order valence-corrected chi connectivity index (χ2v) is 13.4. The average Bonchev–Trinajstić information content (AvgIpc) is 3.25. The molecule has 3 atom stereocenters. The van der Waals surface area contributed by atoms with Crippen molar-refractivity contribution < 1.29 is 28.7 Å².